The molecule has 10 nitrogen and oxygen atoms in total. The Hall–Kier alpha value is -4.60. The molecule has 236 valence electrons. The van der Waals surface area contributed by atoms with Gasteiger partial charge in [-0.05, 0) is 40.7 Å². The third-order valence-corrected chi connectivity index (χ3v) is 8.64. The lowest BCUT2D eigenvalue weighted by molar-refractivity contribution is -0.120. The average Bonchev–Trinajstić information content (AvgIpc) is 3.46. The van der Waals surface area contributed by atoms with Gasteiger partial charge in [0.25, 0.3) is 0 Å². The number of hydrogen-bond acceptors (Lipinski definition) is 9. The maximum Gasteiger partial charge on any atom is 0.203 e. The van der Waals surface area contributed by atoms with E-state index in [0.717, 1.165) is 5.69 Å². The summed E-state index contributed by atoms with van der Waals surface area (Å²) >= 11 is 0. The molecule has 3 aromatic rings. The molecule has 2 aromatic carbocycles. The van der Waals surface area contributed by atoms with Crippen molar-refractivity contribution in [1.29, 1.82) is 0 Å². The fourth-order valence-corrected chi connectivity index (χ4v) is 6.66. The standard InChI is InChI=1S/C35H39N3O7/c1-34(2)14-23(39)31-28(16-34)45-29-17-35(3,4)15-24(40)32(29)30(31)20-12-26(42-6)33(27(13-20)43-7)44-19-21-18-38(37-36-21)22-10-8-9-11-25(22)41-5/h8-13,18,30H,14-17,19H2,1-7H3. The molecule has 1 aromatic heterocycles. The van der Waals surface area contributed by atoms with Crippen molar-refractivity contribution in [2.24, 2.45) is 10.8 Å². The Kier molecular flexibility index (Phi) is 7.71. The van der Waals surface area contributed by atoms with Gasteiger partial charge in [-0.2, -0.15) is 0 Å². The minimum absolute atomic E-state index is 0.00757. The lowest BCUT2D eigenvalue weighted by Gasteiger charge is -2.42. The van der Waals surface area contributed by atoms with Crippen LogP contribution in [0, 0.1) is 10.8 Å². The number of carbonyl (C=O) groups is 2. The van der Waals surface area contributed by atoms with Crippen LogP contribution < -0.4 is 18.9 Å². The van der Waals surface area contributed by atoms with E-state index in [1.54, 1.807) is 32.2 Å². The van der Waals surface area contributed by atoms with Crippen molar-refractivity contribution in [3.05, 3.63) is 76.5 Å². The van der Waals surface area contributed by atoms with Crippen LogP contribution in [-0.4, -0.2) is 47.9 Å². The highest BCUT2D eigenvalue weighted by molar-refractivity contribution is 6.06. The van der Waals surface area contributed by atoms with Gasteiger partial charge in [0.15, 0.2) is 23.1 Å². The zero-order chi connectivity index (χ0) is 32.1. The molecule has 0 saturated carbocycles. The molecule has 10 heteroatoms. The van der Waals surface area contributed by atoms with Crippen LogP contribution in [0.25, 0.3) is 5.69 Å². The van der Waals surface area contributed by atoms with E-state index in [1.165, 1.54) is 0 Å². The number of ketones is 2. The number of aromatic nitrogens is 3. The largest absolute Gasteiger partial charge is 0.494 e. The summed E-state index contributed by atoms with van der Waals surface area (Å²) in [5, 5.41) is 8.50. The van der Waals surface area contributed by atoms with Crippen molar-refractivity contribution in [3.63, 3.8) is 0 Å². The fourth-order valence-electron chi connectivity index (χ4n) is 6.66. The summed E-state index contributed by atoms with van der Waals surface area (Å²) < 4.78 is 31.3. The molecule has 0 spiro atoms. The molecule has 0 N–H and O–H groups in total. The monoisotopic (exact) mass is 613 g/mol. The number of allylic oxidation sites excluding steroid dienone is 4. The highest BCUT2D eigenvalue weighted by Gasteiger charge is 2.48. The summed E-state index contributed by atoms with van der Waals surface area (Å²) in [5.74, 6) is 2.56. The summed E-state index contributed by atoms with van der Waals surface area (Å²) in [6.07, 6.45) is 3.74. The van der Waals surface area contributed by atoms with Crippen LogP contribution >= 0.6 is 0 Å². The molecule has 0 unspecified atom stereocenters. The van der Waals surface area contributed by atoms with Gasteiger partial charge in [-0.15, -0.1) is 5.10 Å². The van der Waals surface area contributed by atoms with Crippen LogP contribution in [0.2, 0.25) is 0 Å². The number of benzene rings is 2. The Bertz CT molecular complexity index is 1670. The normalized spacial score (nSPS) is 19.1. The van der Waals surface area contributed by atoms with Crippen molar-refractivity contribution in [2.45, 2.75) is 65.9 Å². The number of methoxy groups -OCH3 is 3. The first-order chi connectivity index (χ1) is 21.4. The summed E-state index contributed by atoms with van der Waals surface area (Å²) in [6, 6.07) is 11.2. The minimum atomic E-state index is -0.589. The van der Waals surface area contributed by atoms with Gasteiger partial charge in [-0.1, -0.05) is 45.0 Å². The summed E-state index contributed by atoms with van der Waals surface area (Å²) in [5.41, 5.74) is 2.65. The molecule has 0 radical (unpaired) electrons. The highest BCUT2D eigenvalue weighted by atomic mass is 16.5. The van der Waals surface area contributed by atoms with Crippen molar-refractivity contribution in [2.75, 3.05) is 21.3 Å². The van der Waals surface area contributed by atoms with Crippen LogP contribution in [0.3, 0.4) is 0 Å². The minimum Gasteiger partial charge on any atom is -0.494 e. The van der Waals surface area contributed by atoms with Gasteiger partial charge in [0, 0.05) is 42.7 Å². The Morgan fingerprint density at radius 2 is 1.38 bits per heavy atom. The molecule has 2 heterocycles. The van der Waals surface area contributed by atoms with Crippen molar-refractivity contribution in [1.82, 2.24) is 15.0 Å². The summed E-state index contributed by atoms with van der Waals surface area (Å²) in [7, 11) is 4.70. The van der Waals surface area contributed by atoms with E-state index < -0.39 is 5.92 Å². The molecule has 2 aliphatic carbocycles. The number of rotatable bonds is 8. The van der Waals surface area contributed by atoms with Crippen LogP contribution in [0.4, 0.5) is 0 Å². The lowest BCUT2D eigenvalue weighted by Crippen LogP contribution is -2.37. The number of para-hydroxylation sites is 2. The third-order valence-electron chi connectivity index (χ3n) is 8.64. The van der Waals surface area contributed by atoms with Crippen molar-refractivity contribution in [3.8, 4) is 28.7 Å². The van der Waals surface area contributed by atoms with Crippen LogP contribution in [0.1, 0.15) is 70.6 Å². The average molecular weight is 614 g/mol. The van der Waals surface area contributed by atoms with E-state index in [1.807, 2.05) is 36.4 Å². The second-order valence-electron chi connectivity index (χ2n) is 13.5. The summed E-state index contributed by atoms with van der Waals surface area (Å²) in [6.45, 7) is 8.37. The van der Waals surface area contributed by atoms with E-state index in [4.69, 9.17) is 23.7 Å². The van der Waals surface area contributed by atoms with Gasteiger partial charge < -0.3 is 23.7 Å². The quantitative estimate of drug-likeness (QED) is 0.290. The molecule has 45 heavy (non-hydrogen) atoms. The Labute approximate surface area is 262 Å². The first-order valence-electron chi connectivity index (χ1n) is 15.1. The maximum absolute atomic E-state index is 13.7. The predicted octanol–water partition coefficient (Wildman–Crippen LogP) is 6.27. The fraction of sp³-hybridized carbons (Fsp3) is 0.429. The number of nitrogens with zero attached hydrogens (tertiary/aromatic N) is 3. The SMILES string of the molecule is COc1ccccc1-n1cc(COc2c(OC)cc(C3C4=C(CC(C)(C)CC4=O)OC4=C3C(=O)CC(C)(C)C4)cc2OC)nn1. The zero-order valence-electron chi connectivity index (χ0n) is 26.9. The molecular formula is C35H39N3O7. The zero-order valence-corrected chi connectivity index (χ0v) is 26.9. The first-order valence-corrected chi connectivity index (χ1v) is 15.1. The van der Waals surface area contributed by atoms with E-state index in [9.17, 15) is 9.59 Å². The number of Topliss-reactive ketones (excluding diaryl/α,β-unsaturated/α-hetero) is 2. The van der Waals surface area contributed by atoms with Gasteiger partial charge in [0.05, 0.1) is 27.5 Å². The molecule has 0 atom stereocenters. The molecule has 0 fully saturated rings. The Balaban J connectivity index is 1.37. The maximum atomic E-state index is 13.7. The molecule has 0 saturated heterocycles. The van der Waals surface area contributed by atoms with Crippen molar-refractivity contribution < 1.29 is 33.3 Å². The van der Waals surface area contributed by atoms with E-state index in [0.29, 0.717) is 82.6 Å². The van der Waals surface area contributed by atoms with Gasteiger partial charge in [0.1, 0.15) is 35.3 Å². The van der Waals surface area contributed by atoms with Gasteiger partial charge in [0.2, 0.25) is 5.75 Å². The van der Waals surface area contributed by atoms with Gasteiger partial charge in [-0.25, -0.2) is 4.68 Å². The van der Waals surface area contributed by atoms with Crippen LogP contribution in [0.5, 0.6) is 23.0 Å². The molecule has 6 rings (SSSR count). The number of hydrogen-bond donors (Lipinski definition) is 0. The van der Waals surface area contributed by atoms with Gasteiger partial charge in [-0.3, -0.25) is 9.59 Å². The second-order valence-corrected chi connectivity index (χ2v) is 13.5. The topological polar surface area (TPSA) is 111 Å². The first kappa shape index (κ1) is 30.4. The Morgan fingerprint density at radius 3 is 1.93 bits per heavy atom. The van der Waals surface area contributed by atoms with Crippen LogP contribution in [0.15, 0.2) is 65.3 Å². The van der Waals surface area contributed by atoms with E-state index in [-0.39, 0.29) is 29.0 Å². The second kappa shape index (κ2) is 11.4. The summed E-state index contributed by atoms with van der Waals surface area (Å²) in [4.78, 5) is 27.5. The molecule has 1 aliphatic heterocycles. The molecular weight excluding hydrogens is 574 g/mol. The molecule has 0 bridgehead atoms. The smallest absolute Gasteiger partial charge is 0.203 e. The van der Waals surface area contributed by atoms with Crippen LogP contribution in [-0.2, 0) is 20.9 Å². The van der Waals surface area contributed by atoms with Gasteiger partial charge >= 0.3 is 0 Å². The Morgan fingerprint density at radius 1 is 0.822 bits per heavy atom. The van der Waals surface area contributed by atoms with E-state index in [2.05, 4.69) is 38.0 Å². The highest BCUT2D eigenvalue weighted by Crippen LogP contribution is 2.54. The van der Waals surface area contributed by atoms with Crippen molar-refractivity contribution >= 4 is 11.6 Å². The molecule has 0 amide bonds. The molecule has 3 aliphatic rings. The number of ether oxygens (including phenoxy) is 5. The third kappa shape index (κ3) is 5.69. The lowest BCUT2D eigenvalue weighted by atomic mass is 9.65. The predicted molar refractivity (Wildman–Crippen MR) is 166 cm³/mol. The number of carbonyl (C=O) groups excluding carboxylic acids is 2. The van der Waals surface area contributed by atoms with E-state index >= 15 is 0 Å².